The van der Waals surface area contributed by atoms with Gasteiger partial charge in [0.2, 0.25) is 3.79 Å². The minimum Gasteiger partial charge on any atom is -0.465 e. The van der Waals surface area contributed by atoms with Gasteiger partial charge < -0.3 is 9.47 Å². The smallest absolute Gasteiger partial charge is 0.330 e. The van der Waals surface area contributed by atoms with Crippen LogP contribution in [0.3, 0.4) is 0 Å². The average Bonchev–Trinajstić information content (AvgIpc) is 2.51. The summed E-state index contributed by atoms with van der Waals surface area (Å²) in [6.45, 7) is 4.76. The fourth-order valence-corrected chi connectivity index (χ4v) is 2.41. The van der Waals surface area contributed by atoms with Crippen LogP contribution in [0.25, 0.3) is 0 Å². The van der Waals surface area contributed by atoms with Gasteiger partial charge in [-0.25, -0.2) is 4.79 Å². The number of unbranched alkanes of at least 4 members (excludes halogenated alkanes) is 2. The molecule has 0 aromatic carbocycles. The first kappa shape index (κ1) is 29.9. The van der Waals surface area contributed by atoms with Gasteiger partial charge in [-0.2, -0.15) is 0 Å². The van der Waals surface area contributed by atoms with Crippen molar-refractivity contribution in [2.24, 2.45) is 0 Å². The molecule has 0 aliphatic carbocycles. The molecule has 0 saturated heterocycles. The zero-order chi connectivity index (χ0) is 21.5. The Balaban J connectivity index is 0. The van der Waals surface area contributed by atoms with Crippen molar-refractivity contribution >= 4 is 93.1 Å². The summed E-state index contributed by atoms with van der Waals surface area (Å²) >= 11 is 38.2. The van der Waals surface area contributed by atoms with Crippen LogP contribution in [0, 0.1) is 0 Å². The van der Waals surface area contributed by atoms with Crippen LogP contribution in [0.2, 0.25) is 0 Å². The molecule has 0 aliphatic rings. The molecule has 0 saturated carbocycles. The number of hydrogen-bond donors (Lipinski definition) is 0. The van der Waals surface area contributed by atoms with E-state index >= 15 is 0 Å². The molecule has 11 heteroatoms. The average molecular weight is 528 g/mol. The second-order valence-corrected chi connectivity index (χ2v) is 10.6. The highest BCUT2D eigenvalue weighted by Gasteiger charge is 2.29. The van der Waals surface area contributed by atoms with Crippen LogP contribution in [-0.4, -0.2) is 38.1 Å². The fraction of sp³-hybridized carbons (Fsp3) is 0.750. The van der Waals surface area contributed by atoms with Crippen LogP contribution in [-0.2, 0) is 19.1 Å². The van der Waals surface area contributed by atoms with Gasteiger partial charge in [-0.15, -0.1) is 11.6 Å². The Morgan fingerprint density at radius 1 is 0.926 bits per heavy atom. The number of ether oxygens (including phenoxy) is 2. The van der Waals surface area contributed by atoms with Crippen molar-refractivity contribution < 1.29 is 19.1 Å². The standard InChI is InChI=1S/C8H12Cl4O2.C8H11Cl3O2/c1-2-3-4-14-7(13)6(9)5-8(10,11)12;1-2-3-6-13-7(12)4-5-8(9,10)11/h6H,2-5H2,1H3;4-5H,2-3,6H2,1H3/b;5-4-. The van der Waals surface area contributed by atoms with Gasteiger partial charge in [0.15, 0.2) is 3.79 Å². The van der Waals surface area contributed by atoms with Crippen LogP contribution in [0.4, 0.5) is 0 Å². The Labute approximate surface area is 195 Å². The van der Waals surface area contributed by atoms with Gasteiger partial charge in [-0.05, 0) is 18.9 Å². The summed E-state index contributed by atoms with van der Waals surface area (Å²) in [5.41, 5.74) is 0. The molecule has 0 bridgehead atoms. The maximum Gasteiger partial charge on any atom is 0.330 e. The molecule has 0 amide bonds. The molecular formula is C16H23Cl7O4. The van der Waals surface area contributed by atoms with Crippen molar-refractivity contribution in [1.82, 2.24) is 0 Å². The van der Waals surface area contributed by atoms with E-state index in [2.05, 4.69) is 0 Å². The van der Waals surface area contributed by atoms with Crippen LogP contribution in [0.5, 0.6) is 0 Å². The minimum atomic E-state index is -1.54. The van der Waals surface area contributed by atoms with E-state index in [1.54, 1.807) is 0 Å². The van der Waals surface area contributed by atoms with Gasteiger partial charge in [0, 0.05) is 12.5 Å². The zero-order valence-corrected chi connectivity index (χ0v) is 20.3. The van der Waals surface area contributed by atoms with E-state index in [9.17, 15) is 9.59 Å². The Bertz CT molecular complexity index is 445. The Hall–Kier alpha value is 0.710. The molecular weight excluding hydrogens is 504 g/mol. The van der Waals surface area contributed by atoms with Gasteiger partial charge in [-0.3, -0.25) is 4.79 Å². The van der Waals surface area contributed by atoms with E-state index in [0.29, 0.717) is 13.2 Å². The highest BCUT2D eigenvalue weighted by Crippen LogP contribution is 2.33. The van der Waals surface area contributed by atoms with Crippen LogP contribution in [0.15, 0.2) is 12.2 Å². The number of allylic oxidation sites excluding steroid dienone is 1. The SMILES string of the molecule is CCCCOC(=O)/C=C\C(Cl)(Cl)Cl.CCCCOC(=O)C(Cl)CC(Cl)(Cl)Cl. The third-order valence-electron chi connectivity index (χ3n) is 2.56. The van der Waals surface area contributed by atoms with Crippen LogP contribution >= 0.6 is 81.2 Å². The quantitative estimate of drug-likeness (QED) is 0.141. The van der Waals surface area contributed by atoms with Crippen molar-refractivity contribution in [2.45, 2.75) is 58.9 Å². The normalized spacial score (nSPS) is 12.9. The molecule has 0 aromatic heterocycles. The van der Waals surface area contributed by atoms with E-state index in [-0.39, 0.29) is 6.42 Å². The van der Waals surface area contributed by atoms with Gasteiger partial charge >= 0.3 is 11.9 Å². The highest BCUT2D eigenvalue weighted by atomic mass is 35.6. The first-order valence-electron chi connectivity index (χ1n) is 8.12. The summed E-state index contributed by atoms with van der Waals surface area (Å²) in [6, 6.07) is 0. The van der Waals surface area contributed by atoms with Crippen LogP contribution in [0.1, 0.15) is 46.0 Å². The lowest BCUT2D eigenvalue weighted by atomic mass is 10.3. The molecule has 0 aliphatic heterocycles. The number of alkyl halides is 7. The van der Waals surface area contributed by atoms with Crippen molar-refractivity contribution in [3.05, 3.63) is 12.2 Å². The Morgan fingerprint density at radius 2 is 1.41 bits per heavy atom. The lowest BCUT2D eigenvalue weighted by molar-refractivity contribution is -0.143. The molecule has 4 nitrogen and oxygen atoms in total. The maximum atomic E-state index is 11.2. The molecule has 0 spiro atoms. The number of halogens is 7. The molecule has 160 valence electrons. The topological polar surface area (TPSA) is 52.6 Å². The van der Waals surface area contributed by atoms with E-state index in [1.807, 2.05) is 13.8 Å². The number of esters is 2. The predicted molar refractivity (Wildman–Crippen MR) is 116 cm³/mol. The van der Waals surface area contributed by atoms with Gasteiger partial charge in [-0.1, -0.05) is 96.3 Å². The molecule has 0 N–H and O–H groups in total. The van der Waals surface area contributed by atoms with E-state index in [0.717, 1.165) is 37.8 Å². The lowest BCUT2D eigenvalue weighted by Crippen LogP contribution is -2.23. The van der Waals surface area contributed by atoms with Gasteiger partial charge in [0.1, 0.15) is 5.38 Å². The van der Waals surface area contributed by atoms with Crippen molar-refractivity contribution in [1.29, 1.82) is 0 Å². The monoisotopic (exact) mass is 524 g/mol. The van der Waals surface area contributed by atoms with Gasteiger partial charge in [0.25, 0.3) is 0 Å². The summed E-state index contributed by atoms with van der Waals surface area (Å²) in [5.74, 6) is -1.02. The predicted octanol–water partition coefficient (Wildman–Crippen LogP) is 6.95. The summed E-state index contributed by atoms with van der Waals surface area (Å²) in [5, 5.41) is -0.903. The van der Waals surface area contributed by atoms with Crippen molar-refractivity contribution in [2.75, 3.05) is 13.2 Å². The molecule has 0 heterocycles. The third-order valence-corrected chi connectivity index (χ3v) is 3.73. The van der Waals surface area contributed by atoms with E-state index in [1.165, 1.54) is 0 Å². The Kier molecular flexibility index (Phi) is 18.3. The summed E-state index contributed by atoms with van der Waals surface area (Å²) in [4.78, 5) is 22.0. The second kappa shape index (κ2) is 16.5. The first-order valence-corrected chi connectivity index (χ1v) is 10.8. The molecule has 0 fully saturated rings. The molecule has 0 radical (unpaired) electrons. The third kappa shape index (κ3) is 24.7. The summed E-state index contributed by atoms with van der Waals surface area (Å²) in [6.07, 6.45) is 5.79. The lowest BCUT2D eigenvalue weighted by Gasteiger charge is -2.14. The van der Waals surface area contributed by atoms with Gasteiger partial charge in [0.05, 0.1) is 13.2 Å². The molecule has 1 atom stereocenters. The highest BCUT2D eigenvalue weighted by molar-refractivity contribution is 6.69. The fourth-order valence-electron chi connectivity index (χ4n) is 1.22. The molecule has 1 unspecified atom stereocenters. The molecule has 27 heavy (non-hydrogen) atoms. The molecule has 0 aromatic rings. The number of rotatable bonds is 9. The maximum absolute atomic E-state index is 11.2. The van der Waals surface area contributed by atoms with Crippen molar-refractivity contribution in [3.8, 4) is 0 Å². The molecule has 0 rings (SSSR count). The van der Waals surface area contributed by atoms with Crippen LogP contribution < -0.4 is 0 Å². The van der Waals surface area contributed by atoms with Crippen molar-refractivity contribution in [3.63, 3.8) is 0 Å². The largest absolute Gasteiger partial charge is 0.465 e. The number of carbonyl (C=O) groups excluding carboxylic acids is 2. The number of hydrogen-bond acceptors (Lipinski definition) is 4. The van der Waals surface area contributed by atoms with E-state index < -0.39 is 24.9 Å². The first-order chi connectivity index (χ1) is 12.3. The second-order valence-electron chi connectivity index (χ2n) is 5.20. The summed E-state index contributed by atoms with van der Waals surface area (Å²) < 4.78 is 6.56. The summed E-state index contributed by atoms with van der Waals surface area (Å²) in [7, 11) is 0. The van der Waals surface area contributed by atoms with E-state index in [4.69, 9.17) is 90.7 Å². The minimum absolute atomic E-state index is 0.0514. The number of carbonyl (C=O) groups is 2. The Morgan fingerprint density at radius 3 is 1.81 bits per heavy atom. The zero-order valence-electron chi connectivity index (χ0n) is 15.0.